The normalized spacial score (nSPS) is 12.1. The van der Waals surface area contributed by atoms with Crippen molar-refractivity contribution in [1.29, 1.82) is 0 Å². The highest BCUT2D eigenvalue weighted by Gasteiger charge is 2.12. The maximum atomic E-state index is 10.5. The third kappa shape index (κ3) is 3.38. The molecule has 1 atom stereocenters. The first kappa shape index (κ1) is 14.8. The van der Waals surface area contributed by atoms with E-state index in [4.69, 9.17) is 0 Å². The first-order valence-corrected chi connectivity index (χ1v) is 7.98. The average molecular weight is 307 g/mol. The van der Waals surface area contributed by atoms with Crippen molar-refractivity contribution < 1.29 is 5.11 Å². The summed E-state index contributed by atoms with van der Waals surface area (Å²) in [6.07, 6.45) is 1.12. The molecule has 0 aliphatic heterocycles. The standard InChI is InChI=1S/C19H17NOS/c1-14-12-16(18(21)15-8-4-2-5-9-15)13-20-19(14)22-17-10-6-3-7-11-17/h2-13,18,21H,1H3/t18-/m0/s1. The third-order valence-corrected chi connectivity index (χ3v) is 4.57. The summed E-state index contributed by atoms with van der Waals surface area (Å²) in [5, 5.41) is 11.4. The largest absolute Gasteiger partial charge is 0.384 e. The Balaban J connectivity index is 1.83. The van der Waals surface area contributed by atoms with Crippen molar-refractivity contribution in [2.45, 2.75) is 22.9 Å². The number of aromatic nitrogens is 1. The van der Waals surface area contributed by atoms with Gasteiger partial charge in [0.25, 0.3) is 0 Å². The quantitative estimate of drug-likeness (QED) is 0.763. The molecule has 22 heavy (non-hydrogen) atoms. The Morgan fingerprint density at radius 3 is 2.18 bits per heavy atom. The van der Waals surface area contributed by atoms with Crippen molar-refractivity contribution in [3.63, 3.8) is 0 Å². The minimum atomic E-state index is -0.636. The number of pyridine rings is 1. The van der Waals surface area contributed by atoms with Gasteiger partial charge in [-0.05, 0) is 36.2 Å². The number of aliphatic hydroxyl groups excluding tert-OH is 1. The Bertz CT molecular complexity index is 744. The average Bonchev–Trinajstić information content (AvgIpc) is 2.58. The van der Waals surface area contributed by atoms with E-state index in [0.717, 1.165) is 26.6 Å². The van der Waals surface area contributed by atoms with Gasteiger partial charge >= 0.3 is 0 Å². The number of benzene rings is 2. The lowest BCUT2D eigenvalue weighted by molar-refractivity contribution is 0.219. The van der Waals surface area contributed by atoms with Crippen LogP contribution in [0.5, 0.6) is 0 Å². The van der Waals surface area contributed by atoms with E-state index < -0.39 is 6.10 Å². The van der Waals surface area contributed by atoms with Gasteiger partial charge in [-0.15, -0.1) is 0 Å². The molecule has 0 spiro atoms. The van der Waals surface area contributed by atoms with Crippen molar-refractivity contribution in [1.82, 2.24) is 4.98 Å². The number of aryl methyl sites for hydroxylation is 1. The van der Waals surface area contributed by atoms with Crippen LogP contribution < -0.4 is 0 Å². The number of hydrogen-bond donors (Lipinski definition) is 1. The van der Waals surface area contributed by atoms with E-state index in [-0.39, 0.29) is 0 Å². The summed E-state index contributed by atoms with van der Waals surface area (Å²) in [5.74, 6) is 0. The van der Waals surface area contributed by atoms with E-state index in [1.807, 2.05) is 61.5 Å². The van der Waals surface area contributed by atoms with E-state index in [2.05, 4.69) is 17.1 Å². The van der Waals surface area contributed by atoms with Crippen LogP contribution in [0, 0.1) is 6.92 Å². The van der Waals surface area contributed by atoms with Crippen molar-refractivity contribution >= 4 is 11.8 Å². The number of hydrogen-bond acceptors (Lipinski definition) is 3. The summed E-state index contributed by atoms with van der Waals surface area (Å²) in [7, 11) is 0. The van der Waals surface area contributed by atoms with Gasteiger partial charge in [-0.3, -0.25) is 0 Å². The number of rotatable bonds is 4. The highest BCUT2D eigenvalue weighted by Crippen LogP contribution is 2.30. The molecule has 0 unspecified atom stereocenters. The van der Waals surface area contributed by atoms with Crippen LogP contribution in [-0.4, -0.2) is 10.1 Å². The highest BCUT2D eigenvalue weighted by atomic mass is 32.2. The first-order valence-electron chi connectivity index (χ1n) is 7.16. The minimum Gasteiger partial charge on any atom is -0.384 e. The van der Waals surface area contributed by atoms with Crippen LogP contribution in [0.2, 0.25) is 0 Å². The zero-order chi connectivity index (χ0) is 15.4. The van der Waals surface area contributed by atoms with Crippen LogP contribution in [0.1, 0.15) is 22.8 Å². The van der Waals surface area contributed by atoms with Gasteiger partial charge in [0.05, 0.1) is 0 Å². The van der Waals surface area contributed by atoms with E-state index in [1.165, 1.54) is 0 Å². The number of aliphatic hydroxyl groups is 1. The molecule has 2 aromatic carbocycles. The molecule has 0 saturated heterocycles. The molecule has 0 radical (unpaired) electrons. The second-order valence-electron chi connectivity index (χ2n) is 5.12. The maximum Gasteiger partial charge on any atom is 0.106 e. The van der Waals surface area contributed by atoms with Gasteiger partial charge in [-0.2, -0.15) is 0 Å². The molecule has 110 valence electrons. The first-order chi connectivity index (χ1) is 10.7. The molecule has 0 bridgehead atoms. The second kappa shape index (κ2) is 6.77. The van der Waals surface area contributed by atoms with Gasteiger partial charge in [-0.25, -0.2) is 4.98 Å². The van der Waals surface area contributed by atoms with Gasteiger partial charge in [0, 0.05) is 16.7 Å². The van der Waals surface area contributed by atoms with Crippen molar-refractivity contribution in [2.75, 3.05) is 0 Å². The fourth-order valence-corrected chi connectivity index (χ4v) is 3.11. The van der Waals surface area contributed by atoms with Crippen molar-refractivity contribution in [3.05, 3.63) is 89.6 Å². The Morgan fingerprint density at radius 1 is 0.909 bits per heavy atom. The lowest BCUT2D eigenvalue weighted by Crippen LogP contribution is -2.01. The summed E-state index contributed by atoms with van der Waals surface area (Å²) in [6.45, 7) is 2.03. The Morgan fingerprint density at radius 2 is 1.55 bits per heavy atom. The monoisotopic (exact) mass is 307 g/mol. The summed E-state index contributed by atoms with van der Waals surface area (Å²) in [4.78, 5) is 5.68. The maximum absolute atomic E-state index is 10.5. The van der Waals surface area contributed by atoms with Crippen LogP contribution in [0.3, 0.4) is 0 Å². The molecule has 0 fully saturated rings. The third-order valence-electron chi connectivity index (χ3n) is 3.44. The van der Waals surface area contributed by atoms with Gasteiger partial charge in [0.1, 0.15) is 11.1 Å². The molecular weight excluding hydrogens is 290 g/mol. The molecule has 0 aliphatic carbocycles. The second-order valence-corrected chi connectivity index (χ2v) is 6.18. The van der Waals surface area contributed by atoms with Gasteiger partial charge in [-0.1, -0.05) is 60.3 Å². The molecule has 1 N–H and O–H groups in total. The lowest BCUT2D eigenvalue weighted by Gasteiger charge is -2.13. The highest BCUT2D eigenvalue weighted by molar-refractivity contribution is 7.99. The molecule has 3 aromatic rings. The summed E-state index contributed by atoms with van der Waals surface area (Å²) >= 11 is 1.64. The van der Waals surface area contributed by atoms with E-state index in [1.54, 1.807) is 18.0 Å². The van der Waals surface area contributed by atoms with Gasteiger partial charge < -0.3 is 5.11 Å². The lowest BCUT2D eigenvalue weighted by atomic mass is 10.0. The molecule has 1 aromatic heterocycles. The number of nitrogens with zero attached hydrogens (tertiary/aromatic N) is 1. The van der Waals surface area contributed by atoms with Crippen molar-refractivity contribution in [3.8, 4) is 0 Å². The Labute approximate surface area is 134 Å². The van der Waals surface area contributed by atoms with Crippen LogP contribution in [-0.2, 0) is 0 Å². The fraction of sp³-hybridized carbons (Fsp3) is 0.105. The molecule has 3 heteroatoms. The molecule has 0 amide bonds. The summed E-state index contributed by atoms with van der Waals surface area (Å²) in [5.41, 5.74) is 2.77. The van der Waals surface area contributed by atoms with Gasteiger partial charge in [0.15, 0.2) is 0 Å². The summed E-state index contributed by atoms with van der Waals surface area (Å²) in [6, 6.07) is 21.8. The predicted molar refractivity (Wildman–Crippen MR) is 90.0 cm³/mol. The van der Waals surface area contributed by atoms with Crippen LogP contribution >= 0.6 is 11.8 Å². The minimum absolute atomic E-state index is 0.636. The SMILES string of the molecule is Cc1cc([C@@H](O)c2ccccc2)cnc1Sc1ccccc1. The van der Waals surface area contributed by atoms with Crippen LogP contribution in [0.4, 0.5) is 0 Å². The van der Waals surface area contributed by atoms with Crippen LogP contribution in [0.25, 0.3) is 0 Å². The zero-order valence-corrected chi connectivity index (χ0v) is 13.1. The molecule has 0 aliphatic rings. The molecular formula is C19H17NOS. The topological polar surface area (TPSA) is 33.1 Å². The Hall–Kier alpha value is -2.10. The predicted octanol–water partition coefficient (Wildman–Crippen LogP) is 4.62. The van der Waals surface area contributed by atoms with Crippen molar-refractivity contribution in [2.24, 2.45) is 0 Å². The van der Waals surface area contributed by atoms with E-state index >= 15 is 0 Å². The smallest absolute Gasteiger partial charge is 0.106 e. The van der Waals surface area contributed by atoms with Gasteiger partial charge in [0.2, 0.25) is 0 Å². The molecule has 3 rings (SSSR count). The summed E-state index contributed by atoms with van der Waals surface area (Å²) < 4.78 is 0. The van der Waals surface area contributed by atoms with Crippen LogP contribution in [0.15, 0.2) is 82.8 Å². The molecule has 0 saturated carbocycles. The zero-order valence-electron chi connectivity index (χ0n) is 12.3. The fourth-order valence-electron chi connectivity index (χ4n) is 2.27. The van der Waals surface area contributed by atoms with E-state index in [0.29, 0.717) is 0 Å². The van der Waals surface area contributed by atoms with E-state index in [9.17, 15) is 5.11 Å². The Kier molecular flexibility index (Phi) is 4.56. The molecule has 1 heterocycles. The molecule has 2 nitrogen and oxygen atoms in total.